The van der Waals surface area contributed by atoms with Gasteiger partial charge in [0.25, 0.3) is 0 Å². The van der Waals surface area contributed by atoms with Crippen LogP contribution in [0.1, 0.15) is 35.3 Å². The van der Waals surface area contributed by atoms with Gasteiger partial charge in [-0.1, -0.05) is 6.07 Å². The van der Waals surface area contributed by atoms with E-state index >= 15 is 0 Å². The molecule has 0 N–H and O–H groups in total. The lowest BCUT2D eigenvalue weighted by Crippen LogP contribution is -2.12. The predicted octanol–water partition coefficient (Wildman–Crippen LogP) is 6.06. The van der Waals surface area contributed by atoms with Gasteiger partial charge < -0.3 is 13.9 Å². The van der Waals surface area contributed by atoms with Gasteiger partial charge >= 0.3 is 0 Å². The summed E-state index contributed by atoms with van der Waals surface area (Å²) in [6, 6.07) is 10.3. The Morgan fingerprint density at radius 2 is 1.69 bits per heavy atom. The van der Waals surface area contributed by atoms with Crippen molar-refractivity contribution in [3.05, 3.63) is 89.1 Å². The smallest absolute Gasteiger partial charge is 0.165 e. The van der Waals surface area contributed by atoms with Gasteiger partial charge in [-0.3, -0.25) is 0 Å². The summed E-state index contributed by atoms with van der Waals surface area (Å²) in [5, 5.41) is 8.93. The summed E-state index contributed by atoms with van der Waals surface area (Å²) in [6.07, 6.45) is 5.60. The number of benzene rings is 2. The van der Waals surface area contributed by atoms with Gasteiger partial charge in [0.1, 0.15) is 23.1 Å². The van der Waals surface area contributed by atoms with Crippen LogP contribution in [0.5, 0.6) is 5.75 Å². The molecule has 178 valence electrons. The number of hydrogen-bond acceptors (Lipinski definition) is 4. The van der Waals surface area contributed by atoms with E-state index in [9.17, 15) is 8.78 Å². The lowest BCUT2D eigenvalue weighted by Gasteiger charge is -2.21. The molecular weight excluding hydrogens is 448 g/mol. The third kappa shape index (κ3) is 3.95. The van der Waals surface area contributed by atoms with Crippen LogP contribution >= 0.6 is 0 Å². The lowest BCUT2D eigenvalue weighted by molar-refractivity contribution is 0.413. The van der Waals surface area contributed by atoms with Crippen LogP contribution in [0.15, 0.2) is 55.1 Å². The first kappa shape index (κ1) is 22.7. The van der Waals surface area contributed by atoms with E-state index in [-0.39, 0.29) is 11.6 Å². The number of ether oxygens (including phenoxy) is 1. The standard InChI is InChI=1S/C27H25F2N5O/c1-15-8-21-26(19-6-7-24(25(11-19)35-5)33-13-16(2)30-14-33)31-32-27(21)34(12-15)18(4)20-9-22(28)17(3)23(29)10-20/h6-14,18H,1-5H3. The molecular formula is C27H25F2N5O. The van der Waals surface area contributed by atoms with Gasteiger partial charge in [-0.2, -0.15) is 0 Å². The fourth-order valence-corrected chi connectivity index (χ4v) is 4.35. The van der Waals surface area contributed by atoms with Crippen molar-refractivity contribution in [2.24, 2.45) is 0 Å². The Kier molecular flexibility index (Phi) is 5.59. The number of imidazole rings is 1. The van der Waals surface area contributed by atoms with E-state index in [1.54, 1.807) is 13.4 Å². The van der Waals surface area contributed by atoms with Crippen LogP contribution in [-0.2, 0) is 0 Å². The van der Waals surface area contributed by atoms with Crippen LogP contribution < -0.4 is 4.74 Å². The first-order valence-electron chi connectivity index (χ1n) is 11.3. The minimum Gasteiger partial charge on any atom is -0.495 e. The molecule has 0 radical (unpaired) electrons. The Labute approximate surface area is 202 Å². The molecule has 5 rings (SSSR count). The zero-order valence-electron chi connectivity index (χ0n) is 20.2. The fraction of sp³-hybridized carbons (Fsp3) is 0.222. The van der Waals surface area contributed by atoms with Crippen LogP contribution in [0.4, 0.5) is 8.78 Å². The fourth-order valence-electron chi connectivity index (χ4n) is 4.35. The molecule has 0 amide bonds. The Morgan fingerprint density at radius 1 is 0.943 bits per heavy atom. The monoisotopic (exact) mass is 473 g/mol. The van der Waals surface area contributed by atoms with Crippen LogP contribution in [-0.4, -0.2) is 31.4 Å². The quantitative estimate of drug-likeness (QED) is 0.312. The number of aryl methyl sites for hydroxylation is 2. The average molecular weight is 474 g/mol. The van der Waals surface area contributed by atoms with E-state index < -0.39 is 11.6 Å². The highest BCUT2D eigenvalue weighted by Gasteiger charge is 2.23. The number of hydrogen-bond donors (Lipinski definition) is 0. The lowest BCUT2D eigenvalue weighted by atomic mass is 10.0. The minimum absolute atomic E-state index is 0.0129. The molecule has 1 atom stereocenters. The van der Waals surface area contributed by atoms with Gasteiger partial charge in [-0.15, -0.1) is 10.2 Å². The molecule has 0 saturated heterocycles. The molecule has 35 heavy (non-hydrogen) atoms. The molecule has 2 aliphatic rings. The first-order valence-corrected chi connectivity index (χ1v) is 11.3. The van der Waals surface area contributed by atoms with Crippen molar-refractivity contribution in [1.82, 2.24) is 24.3 Å². The van der Waals surface area contributed by atoms with Gasteiger partial charge in [0.2, 0.25) is 0 Å². The first-order chi connectivity index (χ1) is 16.8. The second-order valence-electron chi connectivity index (χ2n) is 8.81. The normalized spacial score (nSPS) is 12.3. The summed E-state index contributed by atoms with van der Waals surface area (Å²) >= 11 is 0. The van der Waals surface area contributed by atoms with Gasteiger partial charge in [-0.25, -0.2) is 13.8 Å². The van der Waals surface area contributed by atoms with E-state index in [1.807, 2.05) is 66.6 Å². The topological polar surface area (TPSA) is 57.8 Å². The number of aromatic nitrogens is 5. The van der Waals surface area contributed by atoms with Crippen molar-refractivity contribution >= 4 is 0 Å². The van der Waals surface area contributed by atoms with Crippen molar-refractivity contribution in [2.45, 2.75) is 33.7 Å². The Morgan fingerprint density at radius 3 is 2.34 bits per heavy atom. The molecule has 1 unspecified atom stereocenters. The highest BCUT2D eigenvalue weighted by molar-refractivity contribution is 5.80. The maximum atomic E-state index is 14.3. The van der Waals surface area contributed by atoms with Crippen LogP contribution in [0.2, 0.25) is 0 Å². The van der Waals surface area contributed by atoms with Gasteiger partial charge in [0.15, 0.2) is 5.82 Å². The molecule has 1 aromatic heterocycles. The van der Waals surface area contributed by atoms with Crippen LogP contribution in [0.25, 0.3) is 28.3 Å². The third-order valence-corrected chi connectivity index (χ3v) is 6.35. The molecule has 0 aliphatic carbocycles. The summed E-state index contributed by atoms with van der Waals surface area (Å²) in [4.78, 5) is 4.29. The molecule has 8 heteroatoms. The van der Waals surface area contributed by atoms with Crippen molar-refractivity contribution < 1.29 is 13.5 Å². The van der Waals surface area contributed by atoms with Crippen LogP contribution in [0.3, 0.4) is 0 Å². The molecule has 3 heterocycles. The molecule has 2 aromatic carbocycles. The summed E-state index contributed by atoms with van der Waals surface area (Å²) in [5.41, 5.74) is 5.69. The van der Waals surface area contributed by atoms with Crippen molar-refractivity contribution in [3.63, 3.8) is 0 Å². The van der Waals surface area contributed by atoms with E-state index in [0.29, 0.717) is 22.8 Å². The van der Waals surface area contributed by atoms with E-state index in [1.165, 1.54) is 19.1 Å². The predicted molar refractivity (Wildman–Crippen MR) is 130 cm³/mol. The maximum absolute atomic E-state index is 14.3. The molecule has 6 nitrogen and oxygen atoms in total. The molecule has 2 aliphatic heterocycles. The van der Waals surface area contributed by atoms with Crippen LogP contribution in [0, 0.1) is 32.4 Å². The summed E-state index contributed by atoms with van der Waals surface area (Å²) in [7, 11) is 1.63. The number of fused-ring (bicyclic) bond motifs is 1. The van der Waals surface area contributed by atoms with E-state index in [2.05, 4.69) is 15.2 Å². The molecule has 0 saturated carbocycles. The molecule has 0 spiro atoms. The van der Waals surface area contributed by atoms with Crippen molar-refractivity contribution in [2.75, 3.05) is 7.11 Å². The second-order valence-corrected chi connectivity index (χ2v) is 8.81. The Balaban J connectivity index is 1.57. The molecule has 3 aromatic rings. The van der Waals surface area contributed by atoms with E-state index in [4.69, 9.17) is 4.74 Å². The number of nitrogens with zero attached hydrogens (tertiary/aromatic N) is 5. The zero-order chi connectivity index (χ0) is 24.9. The number of pyridine rings is 1. The van der Waals surface area contributed by atoms with Crippen molar-refractivity contribution in [3.8, 4) is 34.1 Å². The maximum Gasteiger partial charge on any atom is 0.165 e. The summed E-state index contributed by atoms with van der Waals surface area (Å²) in [5.74, 6) is 0.181. The summed E-state index contributed by atoms with van der Waals surface area (Å²) in [6.45, 7) is 7.23. The van der Waals surface area contributed by atoms with E-state index in [0.717, 1.165) is 28.1 Å². The highest BCUT2D eigenvalue weighted by atomic mass is 19.1. The summed E-state index contributed by atoms with van der Waals surface area (Å²) < 4.78 is 38.0. The number of methoxy groups -OCH3 is 1. The Bertz CT molecular complexity index is 1500. The van der Waals surface area contributed by atoms with Gasteiger partial charge in [0, 0.05) is 29.1 Å². The number of rotatable bonds is 5. The average Bonchev–Trinajstić information content (AvgIpc) is 3.47. The van der Waals surface area contributed by atoms with Crippen molar-refractivity contribution in [1.29, 1.82) is 0 Å². The SMILES string of the molecule is COc1cc(-c2nnc3n(C(C)c4cc(F)c(C)c(F)c4)cc(C)cc2-3)ccc1-n1cnc(C)c1. The zero-order valence-corrected chi connectivity index (χ0v) is 20.2. The number of halogens is 2. The largest absolute Gasteiger partial charge is 0.495 e. The minimum atomic E-state index is -0.564. The van der Waals surface area contributed by atoms with Gasteiger partial charge in [-0.05, 0) is 69.2 Å². The molecule has 0 bridgehead atoms. The molecule has 0 fully saturated rings. The second kappa shape index (κ2) is 8.61. The van der Waals surface area contributed by atoms with Gasteiger partial charge in [0.05, 0.1) is 30.9 Å². The highest BCUT2D eigenvalue weighted by Crippen LogP contribution is 2.37. The third-order valence-electron chi connectivity index (χ3n) is 6.35. The Hall–Kier alpha value is -4.07.